The van der Waals surface area contributed by atoms with E-state index >= 15 is 0 Å². The first kappa shape index (κ1) is 9.92. The van der Waals surface area contributed by atoms with Gasteiger partial charge in [0, 0.05) is 0 Å². The highest BCUT2D eigenvalue weighted by molar-refractivity contribution is 4.66. The maximum Gasteiger partial charge on any atom is -0.000893 e. The van der Waals surface area contributed by atoms with E-state index in [9.17, 15) is 0 Å². The molecule has 0 aromatic heterocycles. The normalized spacial score (nSPS) is 11.4. The molecule has 0 radical (unpaired) electrons. The topological polar surface area (TPSA) is 24.1 Å². The van der Waals surface area contributed by atoms with Crippen LogP contribution in [0.3, 0.4) is 0 Å². The van der Waals surface area contributed by atoms with Crippen LogP contribution in [-0.2, 0) is 0 Å². The van der Waals surface area contributed by atoms with Gasteiger partial charge in [-0.2, -0.15) is 0 Å². The van der Waals surface area contributed by atoms with E-state index in [0.717, 1.165) is 24.9 Å². The first-order valence-corrected chi connectivity index (χ1v) is 4.01. The van der Waals surface area contributed by atoms with Crippen molar-refractivity contribution in [3.05, 3.63) is 0 Å². The van der Waals surface area contributed by atoms with Gasteiger partial charge in [0.15, 0.2) is 0 Å². The summed E-state index contributed by atoms with van der Waals surface area (Å²) in [4.78, 5) is 0. The molecule has 0 aromatic rings. The molecule has 0 aliphatic rings. The van der Waals surface area contributed by atoms with Gasteiger partial charge in [0.2, 0.25) is 0 Å². The lowest BCUT2D eigenvalue weighted by molar-refractivity contribution is 0.362. The number of nitrogens with one attached hydrogen (secondary N) is 2. The molecule has 0 saturated heterocycles. The summed E-state index contributed by atoms with van der Waals surface area (Å²) < 4.78 is 0. The Morgan fingerprint density at radius 2 is 1.40 bits per heavy atom. The van der Waals surface area contributed by atoms with Crippen molar-refractivity contribution in [3.63, 3.8) is 0 Å². The summed E-state index contributed by atoms with van der Waals surface area (Å²) in [5.41, 5.74) is 0. The van der Waals surface area contributed by atoms with Crippen LogP contribution in [0, 0.1) is 11.8 Å². The summed E-state index contributed by atoms with van der Waals surface area (Å²) in [6.45, 7) is 6.75. The van der Waals surface area contributed by atoms with Crippen molar-refractivity contribution < 1.29 is 0 Å². The average molecular weight is 144 g/mol. The van der Waals surface area contributed by atoms with Crippen LogP contribution < -0.4 is 10.6 Å². The largest absolute Gasteiger partial charge is 0.319 e. The van der Waals surface area contributed by atoms with Gasteiger partial charge < -0.3 is 10.6 Å². The Kier molecular flexibility index (Phi) is 5.64. The van der Waals surface area contributed by atoms with Gasteiger partial charge in [0.25, 0.3) is 0 Å². The first-order valence-electron chi connectivity index (χ1n) is 4.01. The second-order valence-electron chi connectivity index (χ2n) is 3.12. The first-order chi connectivity index (χ1) is 4.72. The fraction of sp³-hybridized carbons (Fsp3) is 1.00. The highest BCUT2D eigenvalue weighted by Gasteiger charge is 2.09. The van der Waals surface area contributed by atoms with Crippen molar-refractivity contribution in [2.24, 2.45) is 11.8 Å². The third kappa shape index (κ3) is 3.85. The molecule has 10 heavy (non-hydrogen) atoms. The van der Waals surface area contributed by atoms with Gasteiger partial charge in [-0.05, 0) is 39.0 Å². The molecule has 0 bridgehead atoms. The van der Waals surface area contributed by atoms with Gasteiger partial charge in [0.05, 0.1) is 0 Å². The van der Waals surface area contributed by atoms with E-state index < -0.39 is 0 Å². The van der Waals surface area contributed by atoms with Crippen LogP contribution in [0.25, 0.3) is 0 Å². The lowest BCUT2D eigenvalue weighted by Crippen LogP contribution is -2.31. The van der Waals surface area contributed by atoms with E-state index in [-0.39, 0.29) is 0 Å². The Labute approximate surface area is 64.4 Å². The SMILES string of the molecule is CNCC(CNC)C(C)C. The van der Waals surface area contributed by atoms with Crippen molar-refractivity contribution in [2.45, 2.75) is 13.8 Å². The molecule has 62 valence electrons. The zero-order valence-corrected chi connectivity index (χ0v) is 7.57. The third-order valence-corrected chi connectivity index (χ3v) is 1.88. The monoisotopic (exact) mass is 144 g/mol. The number of hydrogen-bond donors (Lipinski definition) is 2. The van der Waals surface area contributed by atoms with E-state index in [1.165, 1.54) is 0 Å². The predicted octanol–water partition coefficient (Wildman–Crippen LogP) is 0.697. The fourth-order valence-electron chi connectivity index (χ4n) is 1.07. The van der Waals surface area contributed by atoms with E-state index in [4.69, 9.17) is 0 Å². The molecule has 2 nitrogen and oxygen atoms in total. The molecular weight excluding hydrogens is 124 g/mol. The molecule has 0 atom stereocenters. The summed E-state index contributed by atoms with van der Waals surface area (Å²) in [5.74, 6) is 1.52. The van der Waals surface area contributed by atoms with Crippen LogP contribution in [0.5, 0.6) is 0 Å². The Balaban J connectivity index is 3.50. The molecule has 0 amide bonds. The van der Waals surface area contributed by atoms with Crippen molar-refractivity contribution in [1.82, 2.24) is 10.6 Å². The molecule has 2 N–H and O–H groups in total. The summed E-state index contributed by atoms with van der Waals surface area (Å²) in [6, 6.07) is 0. The van der Waals surface area contributed by atoms with Crippen LogP contribution in [0.2, 0.25) is 0 Å². The predicted molar refractivity (Wildman–Crippen MR) is 46.2 cm³/mol. The molecule has 0 heterocycles. The minimum atomic E-state index is 0.759. The van der Waals surface area contributed by atoms with Gasteiger partial charge in [-0.15, -0.1) is 0 Å². The molecule has 0 aliphatic heterocycles. The van der Waals surface area contributed by atoms with Crippen LogP contribution in [0.4, 0.5) is 0 Å². The molecule has 2 heteroatoms. The van der Waals surface area contributed by atoms with Gasteiger partial charge in [0.1, 0.15) is 0 Å². The Morgan fingerprint density at radius 1 is 1.00 bits per heavy atom. The third-order valence-electron chi connectivity index (χ3n) is 1.88. The van der Waals surface area contributed by atoms with Crippen molar-refractivity contribution in [2.75, 3.05) is 27.2 Å². The molecule has 0 aromatic carbocycles. The quantitative estimate of drug-likeness (QED) is 0.593. The van der Waals surface area contributed by atoms with E-state index in [1.54, 1.807) is 0 Å². The van der Waals surface area contributed by atoms with Crippen LogP contribution >= 0.6 is 0 Å². The second-order valence-corrected chi connectivity index (χ2v) is 3.12. The van der Waals surface area contributed by atoms with Crippen LogP contribution in [0.1, 0.15) is 13.8 Å². The van der Waals surface area contributed by atoms with Gasteiger partial charge in [-0.3, -0.25) is 0 Å². The highest BCUT2D eigenvalue weighted by atomic mass is 14.9. The Morgan fingerprint density at radius 3 is 1.60 bits per heavy atom. The lowest BCUT2D eigenvalue weighted by atomic mass is 9.96. The molecule has 0 saturated carbocycles. The van der Waals surface area contributed by atoms with Gasteiger partial charge >= 0.3 is 0 Å². The standard InChI is InChI=1S/C8H20N2/c1-7(2)8(5-9-3)6-10-4/h7-10H,5-6H2,1-4H3. The van der Waals surface area contributed by atoms with Crippen molar-refractivity contribution in [3.8, 4) is 0 Å². The summed E-state index contributed by atoms with van der Waals surface area (Å²) >= 11 is 0. The summed E-state index contributed by atoms with van der Waals surface area (Å²) in [5, 5.41) is 6.39. The van der Waals surface area contributed by atoms with Gasteiger partial charge in [-0.1, -0.05) is 13.8 Å². The molecule has 0 spiro atoms. The Hall–Kier alpha value is -0.0800. The Bertz CT molecular complexity index is 65.7. The smallest absolute Gasteiger partial charge is 0.000893 e. The maximum atomic E-state index is 3.19. The van der Waals surface area contributed by atoms with E-state index in [2.05, 4.69) is 24.5 Å². The van der Waals surface area contributed by atoms with E-state index in [1.807, 2.05) is 14.1 Å². The summed E-state index contributed by atoms with van der Waals surface area (Å²) in [6.07, 6.45) is 0. The maximum absolute atomic E-state index is 3.19. The highest BCUT2D eigenvalue weighted by Crippen LogP contribution is 2.07. The molecular formula is C8H20N2. The minimum absolute atomic E-state index is 0.759. The molecule has 0 rings (SSSR count). The van der Waals surface area contributed by atoms with Crippen LogP contribution in [0.15, 0.2) is 0 Å². The average Bonchev–Trinajstić information content (AvgIpc) is 1.87. The fourth-order valence-corrected chi connectivity index (χ4v) is 1.07. The molecule has 0 fully saturated rings. The molecule has 0 unspecified atom stereocenters. The van der Waals surface area contributed by atoms with Crippen LogP contribution in [-0.4, -0.2) is 27.2 Å². The van der Waals surface area contributed by atoms with Crippen molar-refractivity contribution >= 4 is 0 Å². The zero-order chi connectivity index (χ0) is 7.98. The number of hydrogen-bond acceptors (Lipinski definition) is 2. The lowest BCUT2D eigenvalue weighted by Gasteiger charge is -2.19. The second kappa shape index (κ2) is 5.69. The van der Waals surface area contributed by atoms with E-state index in [0.29, 0.717) is 0 Å². The zero-order valence-electron chi connectivity index (χ0n) is 7.57. The molecule has 0 aliphatic carbocycles. The number of rotatable bonds is 5. The summed E-state index contributed by atoms with van der Waals surface area (Å²) in [7, 11) is 4.01. The van der Waals surface area contributed by atoms with Crippen molar-refractivity contribution in [1.29, 1.82) is 0 Å². The minimum Gasteiger partial charge on any atom is -0.319 e. The van der Waals surface area contributed by atoms with Gasteiger partial charge in [-0.25, -0.2) is 0 Å².